The first-order chi connectivity index (χ1) is 13.3. The molecule has 0 bridgehead atoms. The van der Waals surface area contributed by atoms with Crippen LogP contribution in [0, 0.1) is 13.8 Å². The molecule has 2 rings (SSSR count). The van der Waals surface area contributed by atoms with E-state index in [2.05, 4.69) is 37.3 Å². The second-order valence-corrected chi connectivity index (χ2v) is 7.32. The number of hydrogen-bond donors (Lipinski definition) is 2. The van der Waals surface area contributed by atoms with Crippen LogP contribution in [0.5, 0.6) is 5.88 Å². The van der Waals surface area contributed by atoms with Gasteiger partial charge in [0.25, 0.3) is 0 Å². The maximum Gasteiger partial charge on any atom is 0.422 e. The Bertz CT molecular complexity index is 761. The van der Waals surface area contributed by atoms with Crippen molar-refractivity contribution in [2.75, 3.05) is 19.7 Å². The number of thiazole rings is 1. The van der Waals surface area contributed by atoms with Gasteiger partial charge >= 0.3 is 6.18 Å². The van der Waals surface area contributed by atoms with E-state index in [1.54, 1.807) is 17.4 Å². The second kappa shape index (κ2) is 12.2. The number of halogens is 4. The molecule has 0 amide bonds. The van der Waals surface area contributed by atoms with Crippen molar-refractivity contribution < 1.29 is 17.9 Å². The number of ether oxygens (including phenoxy) is 1. The van der Waals surface area contributed by atoms with E-state index in [4.69, 9.17) is 0 Å². The first-order valence-corrected chi connectivity index (χ1v) is 9.68. The highest BCUT2D eigenvalue weighted by Crippen LogP contribution is 2.17. The molecule has 2 N–H and O–H groups in total. The summed E-state index contributed by atoms with van der Waals surface area (Å²) in [4.78, 5) is 14.1. The Morgan fingerprint density at radius 2 is 2.00 bits per heavy atom. The molecule has 0 aliphatic heterocycles. The number of aliphatic imine (C=N–C) groups is 1. The van der Waals surface area contributed by atoms with Crippen LogP contribution in [0.4, 0.5) is 13.2 Å². The van der Waals surface area contributed by atoms with Gasteiger partial charge in [-0.05, 0) is 26.3 Å². The van der Waals surface area contributed by atoms with E-state index in [0.29, 0.717) is 25.6 Å². The summed E-state index contributed by atoms with van der Waals surface area (Å²) in [7, 11) is 0. The van der Waals surface area contributed by atoms with E-state index in [-0.39, 0.29) is 29.9 Å². The zero-order valence-electron chi connectivity index (χ0n) is 16.5. The van der Waals surface area contributed by atoms with E-state index in [9.17, 15) is 13.2 Å². The van der Waals surface area contributed by atoms with E-state index in [1.807, 2.05) is 13.8 Å². The summed E-state index contributed by atoms with van der Waals surface area (Å²) in [6.07, 6.45) is -2.12. The van der Waals surface area contributed by atoms with Crippen LogP contribution in [0.3, 0.4) is 0 Å². The molecular formula is C18H25F3IN5OS. The SMILES string of the molecule is CCNC(=NCc1ccc(OCC(F)(F)F)nc1)NCCc1nc(C)c(C)s1.I. The Kier molecular flexibility index (Phi) is 10.6. The highest BCUT2D eigenvalue weighted by atomic mass is 127. The molecule has 0 saturated heterocycles. The van der Waals surface area contributed by atoms with E-state index in [0.717, 1.165) is 22.7 Å². The fourth-order valence-corrected chi connectivity index (χ4v) is 3.13. The maximum atomic E-state index is 12.1. The van der Waals surface area contributed by atoms with Crippen molar-refractivity contribution in [3.63, 3.8) is 0 Å². The van der Waals surface area contributed by atoms with Crippen LogP contribution in [-0.4, -0.2) is 41.8 Å². The van der Waals surface area contributed by atoms with Crippen molar-refractivity contribution in [1.29, 1.82) is 0 Å². The Morgan fingerprint density at radius 3 is 2.55 bits per heavy atom. The number of hydrogen-bond acceptors (Lipinski definition) is 5. The zero-order valence-corrected chi connectivity index (χ0v) is 19.6. The minimum absolute atomic E-state index is 0. The van der Waals surface area contributed by atoms with Crippen LogP contribution >= 0.6 is 35.3 Å². The van der Waals surface area contributed by atoms with Gasteiger partial charge in [-0.25, -0.2) is 15.0 Å². The minimum Gasteiger partial charge on any atom is -0.468 e. The lowest BCUT2D eigenvalue weighted by molar-refractivity contribution is -0.154. The first-order valence-electron chi connectivity index (χ1n) is 8.86. The number of guanidine groups is 1. The average Bonchev–Trinajstić information content (AvgIpc) is 2.96. The molecule has 0 fully saturated rings. The largest absolute Gasteiger partial charge is 0.468 e. The Morgan fingerprint density at radius 1 is 1.24 bits per heavy atom. The third-order valence-electron chi connectivity index (χ3n) is 3.65. The van der Waals surface area contributed by atoms with Gasteiger partial charge in [0.15, 0.2) is 12.6 Å². The molecule has 0 aromatic carbocycles. The van der Waals surface area contributed by atoms with Crippen molar-refractivity contribution in [3.05, 3.63) is 39.5 Å². The molecule has 0 saturated carbocycles. The number of nitrogens with one attached hydrogen (secondary N) is 2. The minimum atomic E-state index is -4.38. The molecule has 0 atom stereocenters. The van der Waals surface area contributed by atoms with Crippen LogP contribution in [0.25, 0.3) is 0 Å². The number of rotatable bonds is 8. The van der Waals surface area contributed by atoms with Crippen LogP contribution in [0.1, 0.15) is 28.1 Å². The Balaban J connectivity index is 0.00000420. The molecule has 29 heavy (non-hydrogen) atoms. The van der Waals surface area contributed by atoms with Gasteiger partial charge in [-0.15, -0.1) is 35.3 Å². The maximum absolute atomic E-state index is 12.1. The van der Waals surface area contributed by atoms with Crippen LogP contribution in [-0.2, 0) is 13.0 Å². The summed E-state index contributed by atoms with van der Waals surface area (Å²) < 4.78 is 41.0. The molecule has 6 nitrogen and oxygen atoms in total. The molecule has 162 valence electrons. The third kappa shape index (κ3) is 9.61. The van der Waals surface area contributed by atoms with Crippen molar-refractivity contribution in [3.8, 4) is 5.88 Å². The fourth-order valence-electron chi connectivity index (χ4n) is 2.19. The predicted octanol–water partition coefficient (Wildman–Crippen LogP) is 4.01. The number of nitrogens with zero attached hydrogens (tertiary/aromatic N) is 3. The van der Waals surface area contributed by atoms with Crippen molar-refractivity contribution in [2.24, 2.45) is 4.99 Å². The summed E-state index contributed by atoms with van der Waals surface area (Å²) in [5.41, 5.74) is 1.83. The molecule has 0 aliphatic rings. The van der Waals surface area contributed by atoms with Gasteiger partial charge in [0.05, 0.1) is 17.2 Å². The summed E-state index contributed by atoms with van der Waals surface area (Å²) in [5.74, 6) is 0.592. The normalized spacial score (nSPS) is 11.7. The molecule has 2 aromatic heterocycles. The highest BCUT2D eigenvalue weighted by molar-refractivity contribution is 14.0. The first kappa shape index (κ1) is 25.4. The number of pyridine rings is 1. The quantitative estimate of drug-likeness (QED) is 0.299. The average molecular weight is 543 g/mol. The van der Waals surface area contributed by atoms with E-state index >= 15 is 0 Å². The molecule has 0 aliphatic carbocycles. The molecule has 0 unspecified atom stereocenters. The summed E-state index contributed by atoms with van der Waals surface area (Å²) in [6.45, 7) is 6.43. The van der Waals surface area contributed by atoms with Gasteiger partial charge in [0.1, 0.15) is 0 Å². The van der Waals surface area contributed by atoms with Gasteiger partial charge < -0.3 is 15.4 Å². The van der Waals surface area contributed by atoms with Crippen molar-refractivity contribution in [2.45, 2.75) is 39.9 Å². The van der Waals surface area contributed by atoms with Crippen molar-refractivity contribution in [1.82, 2.24) is 20.6 Å². The molecule has 0 spiro atoms. The van der Waals surface area contributed by atoms with Crippen molar-refractivity contribution >= 4 is 41.3 Å². The van der Waals surface area contributed by atoms with E-state index < -0.39 is 12.8 Å². The van der Waals surface area contributed by atoms with Crippen LogP contribution < -0.4 is 15.4 Å². The van der Waals surface area contributed by atoms with Crippen LogP contribution in [0.15, 0.2) is 23.3 Å². The lowest BCUT2D eigenvalue weighted by atomic mass is 10.3. The van der Waals surface area contributed by atoms with Gasteiger partial charge in [0, 0.05) is 36.7 Å². The standard InChI is InChI=1S/C18H24F3N5OS.HI/c1-4-22-17(23-8-7-16-26-12(2)13(3)28-16)25-10-14-5-6-15(24-9-14)27-11-18(19,20)21;/h5-6,9H,4,7-8,10-11H2,1-3H3,(H2,22,23,25);1H. The number of aromatic nitrogens is 2. The zero-order chi connectivity index (χ0) is 20.6. The van der Waals surface area contributed by atoms with Gasteiger partial charge in [-0.1, -0.05) is 6.07 Å². The highest BCUT2D eigenvalue weighted by Gasteiger charge is 2.28. The smallest absolute Gasteiger partial charge is 0.422 e. The summed E-state index contributed by atoms with van der Waals surface area (Å²) in [5, 5.41) is 7.49. The predicted molar refractivity (Wildman–Crippen MR) is 119 cm³/mol. The van der Waals surface area contributed by atoms with Gasteiger partial charge in [0.2, 0.25) is 5.88 Å². The van der Waals surface area contributed by atoms with Gasteiger partial charge in [-0.2, -0.15) is 13.2 Å². The Hall–Kier alpha value is -1.63. The van der Waals surface area contributed by atoms with E-state index in [1.165, 1.54) is 17.1 Å². The lowest BCUT2D eigenvalue weighted by Gasteiger charge is -2.11. The third-order valence-corrected chi connectivity index (χ3v) is 4.78. The molecular weight excluding hydrogens is 518 g/mol. The molecule has 0 radical (unpaired) electrons. The van der Waals surface area contributed by atoms with Crippen LogP contribution in [0.2, 0.25) is 0 Å². The number of aryl methyl sites for hydroxylation is 2. The molecule has 2 heterocycles. The fraction of sp³-hybridized carbons (Fsp3) is 0.500. The monoisotopic (exact) mass is 543 g/mol. The topological polar surface area (TPSA) is 71.4 Å². The lowest BCUT2D eigenvalue weighted by Crippen LogP contribution is -2.38. The molecule has 2 aromatic rings. The van der Waals surface area contributed by atoms with Gasteiger partial charge in [-0.3, -0.25) is 0 Å². The number of alkyl halides is 3. The summed E-state index contributed by atoms with van der Waals surface area (Å²) in [6, 6.07) is 3.05. The molecule has 11 heteroatoms. The summed E-state index contributed by atoms with van der Waals surface area (Å²) >= 11 is 1.69. The second-order valence-electron chi connectivity index (χ2n) is 6.03. The Labute approximate surface area is 189 Å².